The van der Waals surface area contributed by atoms with E-state index >= 15 is 0 Å². The normalized spacial score (nSPS) is 12.6. The van der Waals surface area contributed by atoms with Crippen LogP contribution >= 0.6 is 0 Å². The van der Waals surface area contributed by atoms with E-state index in [0.717, 1.165) is 56.1 Å². The summed E-state index contributed by atoms with van der Waals surface area (Å²) >= 11 is 0. The van der Waals surface area contributed by atoms with E-state index in [9.17, 15) is 0 Å². The molecule has 3 aromatic heterocycles. The Morgan fingerprint density at radius 3 is 1.42 bits per heavy atom. The van der Waals surface area contributed by atoms with E-state index < -0.39 is 0 Å². The Kier molecular flexibility index (Phi) is 8.81. The molecule has 0 fully saturated rings. The van der Waals surface area contributed by atoms with Gasteiger partial charge in [0.15, 0.2) is 34.9 Å². The van der Waals surface area contributed by atoms with Crippen LogP contribution in [0.1, 0.15) is 37.5 Å². The van der Waals surface area contributed by atoms with Gasteiger partial charge in [0.25, 0.3) is 0 Å². The molecule has 13 rings (SSSR count). The molecule has 0 aliphatic carbocycles. The van der Waals surface area contributed by atoms with Crippen molar-refractivity contribution in [1.82, 2.24) is 34.5 Å². The Labute approximate surface area is 389 Å². The van der Waals surface area contributed by atoms with Crippen molar-refractivity contribution in [3.8, 4) is 74.0 Å². The number of nitrogens with zero attached hydrogens (tertiary/aromatic N) is 7. The molecule has 8 heteroatoms. The van der Waals surface area contributed by atoms with Gasteiger partial charge in [-0.2, -0.15) is 0 Å². The molecule has 5 heterocycles. The maximum absolute atomic E-state index is 5.28. The van der Waals surface area contributed by atoms with E-state index in [-0.39, 0.29) is 12.1 Å². The van der Waals surface area contributed by atoms with Crippen LogP contribution in [0.5, 0.6) is 0 Å². The summed E-state index contributed by atoms with van der Waals surface area (Å²) in [5, 5.41) is 2.21. The lowest BCUT2D eigenvalue weighted by Crippen LogP contribution is -2.60. The van der Waals surface area contributed by atoms with Crippen molar-refractivity contribution in [2.24, 2.45) is 0 Å². The van der Waals surface area contributed by atoms with Gasteiger partial charge >= 0.3 is 0 Å². The van der Waals surface area contributed by atoms with Crippen molar-refractivity contribution in [2.75, 3.05) is 0 Å². The van der Waals surface area contributed by atoms with Crippen LogP contribution in [0.2, 0.25) is 0 Å². The first-order chi connectivity index (χ1) is 32.8. The third-order valence-electron chi connectivity index (χ3n) is 13.5. The lowest BCUT2D eigenvalue weighted by atomic mass is 9.32. The summed E-state index contributed by atoms with van der Waals surface area (Å²) in [5.41, 5.74) is 17.1. The number of hydrogen-bond donors (Lipinski definition) is 0. The highest BCUT2D eigenvalue weighted by atomic mass is 15.0. The van der Waals surface area contributed by atoms with Crippen LogP contribution in [-0.4, -0.2) is 41.2 Å². The predicted octanol–water partition coefficient (Wildman–Crippen LogP) is 11.2. The van der Waals surface area contributed by atoms with Crippen molar-refractivity contribution in [3.63, 3.8) is 0 Å². The van der Waals surface area contributed by atoms with Gasteiger partial charge in [-0.05, 0) is 69.8 Å². The van der Waals surface area contributed by atoms with E-state index in [1.807, 2.05) is 97.1 Å². The molecule has 67 heavy (non-hydrogen) atoms. The van der Waals surface area contributed by atoms with Crippen molar-refractivity contribution in [1.29, 1.82) is 0 Å². The molecular formula is C59H42BN7. The van der Waals surface area contributed by atoms with Gasteiger partial charge in [-0.15, -0.1) is 0 Å². The first kappa shape index (κ1) is 39.0. The highest BCUT2D eigenvalue weighted by molar-refractivity contribution is 6.99. The Balaban J connectivity index is 1.10. The van der Waals surface area contributed by atoms with Crippen LogP contribution in [0.25, 0.3) is 95.8 Å². The second-order valence-electron chi connectivity index (χ2n) is 18.7. The molecule has 0 radical (unpaired) electrons. The highest BCUT2D eigenvalue weighted by Gasteiger charge is 2.40. The molecule has 0 unspecified atom stereocenters. The number of aromatic nitrogens is 7. The molecule has 2 aliphatic rings. The molecule has 7 nitrogen and oxygen atoms in total. The number of rotatable bonds is 6. The zero-order valence-corrected chi connectivity index (χ0v) is 37.3. The molecule has 0 spiro atoms. The second kappa shape index (κ2) is 15.1. The molecule has 0 N–H and O–H groups in total. The molecule has 0 saturated heterocycles. The minimum Gasteiger partial charge on any atom is -0.310 e. The lowest BCUT2D eigenvalue weighted by molar-refractivity contribution is 0.589. The molecule has 2 aliphatic heterocycles. The number of fused-ring (bicyclic) bond motifs is 7. The highest BCUT2D eigenvalue weighted by Crippen LogP contribution is 2.40. The third kappa shape index (κ3) is 6.51. The minimum absolute atomic E-state index is 0.00267. The second-order valence-corrected chi connectivity index (χ2v) is 18.7. The first-order valence-electron chi connectivity index (χ1n) is 22.9. The molecule has 0 amide bonds. The first-order valence-corrected chi connectivity index (χ1v) is 22.9. The summed E-state index contributed by atoms with van der Waals surface area (Å²) < 4.78 is 2.49. The van der Waals surface area contributed by atoms with Crippen LogP contribution in [0.15, 0.2) is 188 Å². The Morgan fingerprint density at radius 2 is 0.896 bits per heavy atom. The van der Waals surface area contributed by atoms with Crippen LogP contribution in [-0.2, 0) is 11.8 Å². The fourth-order valence-electron chi connectivity index (χ4n) is 10.3. The smallest absolute Gasteiger partial charge is 0.247 e. The van der Waals surface area contributed by atoms with Gasteiger partial charge in [-0.25, -0.2) is 29.9 Å². The van der Waals surface area contributed by atoms with Gasteiger partial charge in [0.05, 0.1) is 5.52 Å². The van der Waals surface area contributed by atoms with E-state index in [0.29, 0.717) is 34.9 Å². The summed E-state index contributed by atoms with van der Waals surface area (Å²) in [6.45, 7) is 6.90. The maximum atomic E-state index is 5.28. The van der Waals surface area contributed by atoms with Gasteiger partial charge in [0.2, 0.25) is 6.71 Å². The molecule has 0 saturated carbocycles. The van der Waals surface area contributed by atoms with Crippen molar-refractivity contribution < 1.29 is 0 Å². The predicted molar refractivity (Wildman–Crippen MR) is 273 cm³/mol. The SMILES string of the molecule is CC(C)(C)c1ccc2c(c1)Cc1cccc3c1B2c1cc(-c2nc(-c4ccccc4)nc(-c4ccccc4)n2)cc2c4cc(-c5nc(-c6ccccc6)nc(-c6ccccc6)n5)ccc4n-3c12. The third-order valence-corrected chi connectivity index (χ3v) is 13.5. The van der Waals surface area contributed by atoms with Gasteiger partial charge in [0, 0.05) is 55.4 Å². The summed E-state index contributed by atoms with van der Waals surface area (Å²) in [4.78, 5) is 31.0. The van der Waals surface area contributed by atoms with Gasteiger partial charge < -0.3 is 4.57 Å². The van der Waals surface area contributed by atoms with Crippen LogP contribution < -0.4 is 16.4 Å². The van der Waals surface area contributed by atoms with Crippen molar-refractivity contribution >= 4 is 44.9 Å². The summed E-state index contributed by atoms with van der Waals surface area (Å²) in [6.07, 6.45) is 0.877. The average molecular weight is 860 g/mol. The Hall–Kier alpha value is -8.36. The molecule has 0 atom stereocenters. The van der Waals surface area contributed by atoms with Crippen LogP contribution in [0.3, 0.4) is 0 Å². The van der Waals surface area contributed by atoms with E-state index in [4.69, 9.17) is 29.9 Å². The zero-order chi connectivity index (χ0) is 44.8. The van der Waals surface area contributed by atoms with Crippen molar-refractivity contribution in [3.05, 3.63) is 205 Å². The summed E-state index contributed by atoms with van der Waals surface area (Å²) in [6, 6.07) is 66.1. The lowest BCUT2D eigenvalue weighted by Gasteiger charge is -2.34. The number of benzene rings is 8. The fourth-order valence-corrected chi connectivity index (χ4v) is 10.3. The molecule has 8 aromatic carbocycles. The quantitative estimate of drug-likeness (QED) is 0.155. The van der Waals surface area contributed by atoms with Gasteiger partial charge in [0.1, 0.15) is 0 Å². The van der Waals surface area contributed by atoms with E-state index in [1.165, 1.54) is 44.3 Å². The maximum Gasteiger partial charge on any atom is 0.247 e. The van der Waals surface area contributed by atoms with Gasteiger partial charge in [-0.1, -0.05) is 184 Å². The summed E-state index contributed by atoms with van der Waals surface area (Å²) in [7, 11) is 0. The minimum atomic E-state index is -0.00267. The molecule has 0 bridgehead atoms. The molecule has 316 valence electrons. The van der Waals surface area contributed by atoms with E-state index in [2.05, 4.69) is 116 Å². The van der Waals surface area contributed by atoms with Crippen LogP contribution in [0, 0.1) is 0 Å². The summed E-state index contributed by atoms with van der Waals surface area (Å²) in [5.74, 6) is 3.75. The molecule has 11 aromatic rings. The Bertz CT molecular complexity index is 3640. The van der Waals surface area contributed by atoms with Gasteiger partial charge in [-0.3, -0.25) is 0 Å². The van der Waals surface area contributed by atoms with Crippen molar-refractivity contribution in [2.45, 2.75) is 32.6 Å². The standard InChI is InChI=1S/C59H42BN7/c1-59(2,3)44-28-29-47-42(32-44)31-40-25-16-26-50-51(40)60(47)48-35-43(58-65-55(38-21-12-6-13-22-38)62-56(66-58)39-23-14-7-15-24-39)34-46-45-33-41(27-30-49(45)67(50)52(46)48)57-63-53(36-17-8-4-9-18-36)61-54(64-57)37-19-10-5-11-20-37/h4-30,32-35H,31H2,1-3H3. The zero-order valence-electron chi connectivity index (χ0n) is 37.3. The average Bonchev–Trinajstić information content (AvgIpc) is 3.71. The molecular weight excluding hydrogens is 818 g/mol. The topological polar surface area (TPSA) is 82.3 Å². The fraction of sp³-hybridized carbons (Fsp3) is 0.0847. The largest absolute Gasteiger partial charge is 0.310 e. The monoisotopic (exact) mass is 859 g/mol. The van der Waals surface area contributed by atoms with Crippen LogP contribution in [0.4, 0.5) is 0 Å². The Morgan fingerprint density at radius 1 is 0.403 bits per heavy atom. The number of hydrogen-bond acceptors (Lipinski definition) is 6. The van der Waals surface area contributed by atoms with E-state index in [1.54, 1.807) is 0 Å².